The molecule has 2 aliphatic heterocycles. The van der Waals surface area contributed by atoms with Gasteiger partial charge in [-0.2, -0.15) is 5.10 Å². The molecule has 3 heterocycles. The summed E-state index contributed by atoms with van der Waals surface area (Å²) < 4.78 is 1.95. The Hall–Kier alpha value is -4.43. The van der Waals surface area contributed by atoms with Crippen molar-refractivity contribution < 1.29 is 9.90 Å². The fraction of sp³-hybridized carbons (Fsp3) is 0.281. The lowest BCUT2D eigenvalue weighted by Crippen LogP contribution is -2.53. The maximum atomic E-state index is 13.8. The fourth-order valence-electron chi connectivity index (χ4n) is 6.22. The third-order valence-corrected chi connectivity index (χ3v) is 8.27. The number of carbonyl (C=O) groups excluding carboxylic acids is 1. The van der Waals surface area contributed by atoms with Gasteiger partial charge in [-0.15, -0.1) is 0 Å². The van der Waals surface area contributed by atoms with Gasteiger partial charge in [0, 0.05) is 12.7 Å². The van der Waals surface area contributed by atoms with Crippen LogP contribution in [0.4, 0.5) is 17.3 Å². The second kappa shape index (κ2) is 9.95. The molecule has 8 nitrogen and oxygen atoms in total. The van der Waals surface area contributed by atoms with Crippen molar-refractivity contribution in [2.24, 2.45) is 4.99 Å². The molecular weight excluding hydrogens is 500 g/mol. The number of guanidine groups is 1. The van der Waals surface area contributed by atoms with Gasteiger partial charge in [0.25, 0.3) is 5.91 Å². The summed E-state index contributed by atoms with van der Waals surface area (Å²) >= 11 is 0. The first kappa shape index (κ1) is 24.6. The van der Waals surface area contributed by atoms with Gasteiger partial charge < -0.3 is 10.4 Å². The maximum absolute atomic E-state index is 13.8. The summed E-state index contributed by atoms with van der Waals surface area (Å²) in [6, 6.07) is 27.9. The summed E-state index contributed by atoms with van der Waals surface area (Å²) in [5.41, 5.74) is 4.18. The third-order valence-electron chi connectivity index (χ3n) is 8.27. The number of nitrogens with zero attached hydrogens (tertiary/aromatic N) is 5. The minimum absolute atomic E-state index is 0.102. The van der Waals surface area contributed by atoms with Crippen LogP contribution >= 0.6 is 0 Å². The van der Waals surface area contributed by atoms with E-state index in [-0.39, 0.29) is 18.0 Å². The first-order chi connectivity index (χ1) is 19.6. The number of aliphatic hydroxyl groups is 1. The van der Waals surface area contributed by atoms with Crippen molar-refractivity contribution in [3.05, 3.63) is 107 Å². The Bertz CT molecular complexity index is 1560. The van der Waals surface area contributed by atoms with Crippen LogP contribution in [0, 0.1) is 0 Å². The molecule has 1 unspecified atom stereocenters. The zero-order chi connectivity index (χ0) is 27.2. The van der Waals surface area contributed by atoms with Gasteiger partial charge in [0.15, 0.2) is 5.82 Å². The molecule has 40 heavy (non-hydrogen) atoms. The van der Waals surface area contributed by atoms with E-state index in [1.807, 2.05) is 96.7 Å². The van der Waals surface area contributed by atoms with Gasteiger partial charge in [-0.25, -0.2) is 9.67 Å². The van der Waals surface area contributed by atoms with Crippen LogP contribution in [0.5, 0.6) is 0 Å². The highest BCUT2D eigenvalue weighted by Gasteiger charge is 2.48. The van der Waals surface area contributed by atoms with Crippen molar-refractivity contribution in [3.8, 4) is 0 Å². The highest BCUT2D eigenvalue weighted by molar-refractivity contribution is 6.21. The smallest absolute Gasteiger partial charge is 0.267 e. The summed E-state index contributed by atoms with van der Waals surface area (Å²) in [5.74, 6) is 1.98. The van der Waals surface area contributed by atoms with E-state index in [4.69, 9.17) is 10.1 Å². The third kappa shape index (κ3) is 4.16. The summed E-state index contributed by atoms with van der Waals surface area (Å²) in [6.07, 6.45) is 3.71. The van der Waals surface area contributed by atoms with Crippen LogP contribution in [-0.4, -0.2) is 50.8 Å². The molecule has 0 radical (unpaired) electrons. The minimum atomic E-state index is -0.686. The SMILES string of the molecule is CN1C(=O)c2c(Nc3ccccc3)nn(Cc3ccc(C(O)c4ccccc4)cc3)c2N2C1=N[C@@H]1CCCC[C@@H]12. The lowest BCUT2D eigenvalue weighted by molar-refractivity contribution is 0.0865. The molecule has 1 amide bonds. The van der Waals surface area contributed by atoms with E-state index in [9.17, 15) is 9.90 Å². The Labute approximate surface area is 233 Å². The predicted octanol–water partition coefficient (Wildman–Crippen LogP) is 5.33. The zero-order valence-electron chi connectivity index (χ0n) is 22.4. The normalized spacial score (nSPS) is 20.4. The molecule has 1 fully saturated rings. The summed E-state index contributed by atoms with van der Waals surface area (Å²) in [4.78, 5) is 22.8. The molecule has 3 aromatic carbocycles. The van der Waals surface area contributed by atoms with Crippen molar-refractivity contribution in [2.45, 2.75) is 50.4 Å². The monoisotopic (exact) mass is 532 g/mol. The molecule has 7 rings (SSSR count). The average molecular weight is 533 g/mol. The van der Waals surface area contributed by atoms with E-state index < -0.39 is 6.10 Å². The molecule has 8 heteroatoms. The number of anilines is 3. The lowest BCUT2D eigenvalue weighted by Gasteiger charge is -2.38. The number of rotatable bonds is 6. The van der Waals surface area contributed by atoms with E-state index in [1.165, 1.54) is 0 Å². The molecule has 202 valence electrons. The molecule has 0 saturated heterocycles. The van der Waals surface area contributed by atoms with Crippen molar-refractivity contribution in [1.82, 2.24) is 14.7 Å². The van der Waals surface area contributed by atoms with Gasteiger partial charge in [0.05, 0.1) is 18.6 Å². The van der Waals surface area contributed by atoms with Crippen molar-refractivity contribution in [3.63, 3.8) is 0 Å². The number of fused-ring (bicyclic) bond motifs is 5. The van der Waals surface area contributed by atoms with E-state index in [1.54, 1.807) is 4.90 Å². The topological polar surface area (TPSA) is 86.0 Å². The Morgan fingerprint density at radius 3 is 2.35 bits per heavy atom. The Morgan fingerprint density at radius 2 is 1.60 bits per heavy atom. The standard InChI is InChI=1S/C32H32N6O2/c1-36-31(40)27-29(33-24-12-6-3-7-13-24)35-37(30(27)38-26-15-9-8-14-25(26)34-32(36)38)20-21-16-18-23(19-17-21)28(39)22-10-4-2-5-11-22/h2-7,10-13,16-19,25-26,28,39H,8-9,14-15,20H2,1H3,(H,33,35)/t25-,26+,28?/m1/s1. The number of hydrogen-bond donors (Lipinski definition) is 2. The minimum Gasteiger partial charge on any atom is -0.384 e. The van der Waals surface area contributed by atoms with Gasteiger partial charge >= 0.3 is 0 Å². The molecule has 4 aromatic rings. The van der Waals surface area contributed by atoms with Crippen molar-refractivity contribution in [2.75, 3.05) is 17.3 Å². The second-order valence-corrected chi connectivity index (χ2v) is 10.8. The number of amides is 1. The van der Waals surface area contributed by atoms with Crippen LogP contribution < -0.4 is 10.2 Å². The quantitative estimate of drug-likeness (QED) is 0.351. The van der Waals surface area contributed by atoms with Crippen LogP contribution in [0.25, 0.3) is 0 Å². The van der Waals surface area contributed by atoms with Crippen LogP contribution in [0.3, 0.4) is 0 Å². The molecule has 1 saturated carbocycles. The fourth-order valence-corrected chi connectivity index (χ4v) is 6.22. The zero-order valence-corrected chi connectivity index (χ0v) is 22.4. The Kier molecular flexibility index (Phi) is 6.12. The molecule has 3 aliphatic rings. The second-order valence-electron chi connectivity index (χ2n) is 10.8. The van der Waals surface area contributed by atoms with E-state index in [0.717, 1.165) is 59.8 Å². The number of nitrogens with one attached hydrogen (secondary N) is 1. The summed E-state index contributed by atoms with van der Waals surface area (Å²) in [7, 11) is 1.81. The molecule has 0 spiro atoms. The number of benzene rings is 3. The van der Waals surface area contributed by atoms with Gasteiger partial charge in [0.1, 0.15) is 17.5 Å². The molecule has 1 aliphatic carbocycles. The van der Waals surface area contributed by atoms with E-state index in [2.05, 4.69) is 10.2 Å². The van der Waals surface area contributed by atoms with Crippen LogP contribution in [0.15, 0.2) is 89.9 Å². The van der Waals surface area contributed by atoms with Gasteiger partial charge in [0.2, 0.25) is 5.96 Å². The molecule has 1 aromatic heterocycles. The lowest BCUT2D eigenvalue weighted by atomic mass is 9.90. The molecule has 2 N–H and O–H groups in total. The van der Waals surface area contributed by atoms with Gasteiger partial charge in [-0.3, -0.25) is 14.6 Å². The van der Waals surface area contributed by atoms with E-state index >= 15 is 0 Å². The Balaban J connectivity index is 1.27. The first-order valence-corrected chi connectivity index (χ1v) is 14.0. The van der Waals surface area contributed by atoms with Crippen molar-refractivity contribution >= 4 is 29.2 Å². The number of hydrogen-bond acceptors (Lipinski definition) is 6. The molecular formula is C32H32N6O2. The number of aliphatic imine (C=N–C) groups is 1. The maximum Gasteiger partial charge on any atom is 0.267 e. The average Bonchev–Trinajstić information content (AvgIpc) is 3.55. The highest BCUT2D eigenvalue weighted by Crippen LogP contribution is 2.42. The van der Waals surface area contributed by atoms with Crippen molar-refractivity contribution in [1.29, 1.82) is 0 Å². The van der Waals surface area contributed by atoms with Gasteiger partial charge in [-0.05, 0) is 41.7 Å². The molecule has 0 bridgehead atoms. The highest BCUT2D eigenvalue weighted by atomic mass is 16.3. The number of aromatic nitrogens is 2. The number of carbonyl (C=O) groups is 1. The number of para-hydroxylation sites is 1. The summed E-state index contributed by atoms with van der Waals surface area (Å²) in [5, 5.41) is 19.2. The van der Waals surface area contributed by atoms with E-state index in [0.29, 0.717) is 17.9 Å². The first-order valence-electron chi connectivity index (χ1n) is 14.0. The summed E-state index contributed by atoms with van der Waals surface area (Å²) in [6.45, 7) is 0.485. The number of aliphatic hydroxyl groups excluding tert-OH is 1. The van der Waals surface area contributed by atoms with Gasteiger partial charge in [-0.1, -0.05) is 85.6 Å². The Morgan fingerprint density at radius 1 is 0.925 bits per heavy atom. The molecule has 3 atom stereocenters. The van der Waals surface area contributed by atoms with Crippen LogP contribution in [0.2, 0.25) is 0 Å². The largest absolute Gasteiger partial charge is 0.384 e. The van der Waals surface area contributed by atoms with Crippen LogP contribution in [0.1, 0.15) is 58.8 Å². The van der Waals surface area contributed by atoms with Crippen LogP contribution in [-0.2, 0) is 6.54 Å². The predicted molar refractivity (Wildman–Crippen MR) is 156 cm³/mol.